The van der Waals surface area contributed by atoms with Crippen LogP contribution in [0.5, 0.6) is 5.75 Å². The van der Waals surface area contributed by atoms with Gasteiger partial charge in [-0.3, -0.25) is 0 Å². The van der Waals surface area contributed by atoms with Gasteiger partial charge in [-0.15, -0.1) is 0 Å². The van der Waals surface area contributed by atoms with Crippen molar-refractivity contribution < 1.29 is 24.5 Å². The molecule has 1 rings (SSSR count). The Morgan fingerprint density at radius 1 is 1.25 bits per heavy atom. The molecule has 0 amide bonds. The molecule has 0 atom stereocenters. The van der Waals surface area contributed by atoms with Gasteiger partial charge in [0.25, 0.3) is 0 Å². The minimum Gasteiger partial charge on any atom is -0.495 e. The van der Waals surface area contributed by atoms with Crippen molar-refractivity contribution in [1.82, 2.24) is 0 Å². The maximum Gasteiger partial charge on any atom is 0.339 e. The molecule has 0 spiro atoms. The molecule has 0 bridgehead atoms. The summed E-state index contributed by atoms with van der Waals surface area (Å²) in [6.07, 6.45) is 0. The first kappa shape index (κ1) is 12.0. The van der Waals surface area contributed by atoms with Crippen LogP contribution in [-0.2, 0) is 6.54 Å². The summed E-state index contributed by atoms with van der Waals surface area (Å²) in [5, 5.41) is 17.8. The molecule has 0 radical (unpaired) electrons. The van der Waals surface area contributed by atoms with E-state index in [-0.39, 0.29) is 23.4 Å². The Hall–Kier alpha value is -2.08. The zero-order valence-electron chi connectivity index (χ0n) is 8.56. The van der Waals surface area contributed by atoms with E-state index in [0.717, 1.165) is 0 Å². The Morgan fingerprint density at radius 3 is 1.94 bits per heavy atom. The zero-order valence-corrected chi connectivity index (χ0v) is 8.56. The van der Waals surface area contributed by atoms with Crippen LogP contribution in [0.1, 0.15) is 26.3 Å². The number of rotatable bonds is 4. The normalized spacial score (nSPS) is 9.88. The van der Waals surface area contributed by atoms with Crippen LogP contribution in [0, 0.1) is 0 Å². The van der Waals surface area contributed by atoms with Crippen LogP contribution >= 0.6 is 0 Å². The second-order valence-corrected chi connectivity index (χ2v) is 3.04. The fourth-order valence-electron chi connectivity index (χ4n) is 1.34. The summed E-state index contributed by atoms with van der Waals surface area (Å²) in [5.41, 5.74) is 5.37. The number of carboxylic acid groups (broad SMARTS) is 2. The predicted octanol–water partition coefficient (Wildman–Crippen LogP) is 0.550. The Labute approximate surface area is 91.3 Å². The molecule has 1 aromatic rings. The number of nitrogens with two attached hydrogens (primary N) is 1. The number of benzene rings is 1. The first-order valence-corrected chi connectivity index (χ1v) is 4.38. The Balaban J connectivity index is 3.52. The monoisotopic (exact) mass is 225 g/mol. The third kappa shape index (κ3) is 2.12. The lowest BCUT2D eigenvalue weighted by Gasteiger charge is -2.10. The van der Waals surface area contributed by atoms with Crippen LogP contribution in [0.2, 0.25) is 0 Å². The zero-order chi connectivity index (χ0) is 12.3. The molecular weight excluding hydrogens is 214 g/mol. The fraction of sp³-hybridized carbons (Fsp3) is 0.200. The van der Waals surface area contributed by atoms with Crippen molar-refractivity contribution >= 4 is 11.9 Å². The molecule has 16 heavy (non-hydrogen) atoms. The van der Waals surface area contributed by atoms with Crippen molar-refractivity contribution in [3.8, 4) is 5.75 Å². The summed E-state index contributed by atoms with van der Waals surface area (Å²) in [5.74, 6) is -2.68. The van der Waals surface area contributed by atoms with Crippen molar-refractivity contribution in [2.24, 2.45) is 5.73 Å². The standard InChI is InChI=1S/C10H11NO5/c1-16-8-6(9(12)13)2-5(4-11)3-7(8)10(14)15/h2-3H,4,11H2,1H3,(H,12,13)(H,14,15). The van der Waals surface area contributed by atoms with Gasteiger partial charge >= 0.3 is 11.9 Å². The first-order chi connectivity index (χ1) is 7.51. The number of carboxylic acids is 2. The Morgan fingerprint density at radius 2 is 1.69 bits per heavy atom. The van der Waals surface area contributed by atoms with Crippen LogP contribution in [0.3, 0.4) is 0 Å². The minimum absolute atomic E-state index is 0.0601. The summed E-state index contributed by atoms with van der Waals surface area (Å²) in [7, 11) is 1.22. The van der Waals surface area contributed by atoms with Gasteiger partial charge in [-0.25, -0.2) is 9.59 Å². The molecule has 86 valence electrons. The fourth-order valence-corrected chi connectivity index (χ4v) is 1.34. The Kier molecular flexibility index (Phi) is 3.47. The van der Waals surface area contributed by atoms with Crippen LogP contribution < -0.4 is 10.5 Å². The number of methoxy groups -OCH3 is 1. The van der Waals surface area contributed by atoms with Gasteiger partial charge in [0.2, 0.25) is 0 Å². The first-order valence-electron chi connectivity index (χ1n) is 4.38. The van der Waals surface area contributed by atoms with Crippen LogP contribution in [-0.4, -0.2) is 29.3 Å². The van der Waals surface area contributed by atoms with Gasteiger partial charge in [0.15, 0.2) is 0 Å². The molecule has 0 aliphatic heterocycles. The smallest absolute Gasteiger partial charge is 0.339 e. The van der Waals surface area contributed by atoms with Crippen molar-refractivity contribution in [3.05, 3.63) is 28.8 Å². The SMILES string of the molecule is COc1c(C(=O)O)cc(CN)cc1C(=O)O. The number of hydrogen-bond acceptors (Lipinski definition) is 4. The summed E-state index contributed by atoms with van der Waals surface area (Å²) in [6, 6.07) is 2.60. The maximum atomic E-state index is 10.9. The van der Waals surface area contributed by atoms with Gasteiger partial charge in [0.05, 0.1) is 7.11 Å². The van der Waals surface area contributed by atoms with Gasteiger partial charge in [-0.1, -0.05) is 0 Å². The highest BCUT2D eigenvalue weighted by atomic mass is 16.5. The van der Waals surface area contributed by atoms with Crippen molar-refractivity contribution in [3.63, 3.8) is 0 Å². The molecule has 0 fully saturated rings. The molecule has 1 aromatic carbocycles. The summed E-state index contributed by atoms with van der Waals surface area (Å²) in [6.45, 7) is 0.0601. The number of hydrogen-bond donors (Lipinski definition) is 3. The highest BCUT2D eigenvalue weighted by molar-refractivity contribution is 5.99. The number of aromatic carboxylic acids is 2. The van der Waals surface area contributed by atoms with Gasteiger partial charge < -0.3 is 20.7 Å². The van der Waals surface area contributed by atoms with E-state index in [1.54, 1.807) is 0 Å². The maximum absolute atomic E-state index is 10.9. The van der Waals surface area contributed by atoms with E-state index in [4.69, 9.17) is 20.7 Å². The molecule has 6 heteroatoms. The van der Waals surface area contributed by atoms with Crippen LogP contribution in [0.15, 0.2) is 12.1 Å². The summed E-state index contributed by atoms with van der Waals surface area (Å²) < 4.78 is 4.80. The van der Waals surface area contributed by atoms with E-state index < -0.39 is 11.9 Å². The number of carbonyl (C=O) groups is 2. The average Bonchev–Trinajstić information content (AvgIpc) is 2.26. The summed E-state index contributed by atoms with van der Waals surface area (Å²) in [4.78, 5) is 21.8. The molecule has 6 nitrogen and oxygen atoms in total. The van der Waals surface area contributed by atoms with Gasteiger partial charge in [-0.05, 0) is 17.7 Å². The van der Waals surface area contributed by atoms with E-state index in [0.29, 0.717) is 5.56 Å². The van der Waals surface area contributed by atoms with Gasteiger partial charge in [0.1, 0.15) is 16.9 Å². The van der Waals surface area contributed by atoms with E-state index in [1.807, 2.05) is 0 Å². The van der Waals surface area contributed by atoms with Gasteiger partial charge in [-0.2, -0.15) is 0 Å². The van der Waals surface area contributed by atoms with Gasteiger partial charge in [0, 0.05) is 6.54 Å². The minimum atomic E-state index is -1.25. The molecule has 4 N–H and O–H groups in total. The van der Waals surface area contributed by atoms with Crippen molar-refractivity contribution in [2.75, 3.05) is 7.11 Å². The molecule has 0 aliphatic rings. The van der Waals surface area contributed by atoms with E-state index in [9.17, 15) is 9.59 Å². The lowest BCUT2D eigenvalue weighted by molar-refractivity contribution is 0.0690. The van der Waals surface area contributed by atoms with Crippen LogP contribution in [0.4, 0.5) is 0 Å². The molecule has 0 unspecified atom stereocenters. The highest BCUT2D eigenvalue weighted by Crippen LogP contribution is 2.26. The topological polar surface area (TPSA) is 110 Å². The second kappa shape index (κ2) is 4.63. The average molecular weight is 225 g/mol. The predicted molar refractivity (Wildman–Crippen MR) is 54.8 cm³/mol. The third-order valence-electron chi connectivity index (χ3n) is 2.05. The van der Waals surface area contributed by atoms with E-state index in [2.05, 4.69) is 0 Å². The van der Waals surface area contributed by atoms with Crippen molar-refractivity contribution in [2.45, 2.75) is 6.54 Å². The summed E-state index contributed by atoms with van der Waals surface area (Å²) >= 11 is 0. The third-order valence-corrected chi connectivity index (χ3v) is 2.05. The number of ether oxygens (including phenoxy) is 1. The molecule has 0 saturated heterocycles. The molecule has 0 saturated carbocycles. The van der Waals surface area contributed by atoms with Crippen LogP contribution in [0.25, 0.3) is 0 Å². The molecule has 0 aliphatic carbocycles. The largest absolute Gasteiger partial charge is 0.495 e. The molecule has 0 heterocycles. The van der Waals surface area contributed by atoms with E-state index in [1.165, 1.54) is 19.2 Å². The van der Waals surface area contributed by atoms with Crippen molar-refractivity contribution in [1.29, 1.82) is 0 Å². The molecule has 0 aromatic heterocycles. The Bertz CT molecular complexity index is 406. The second-order valence-electron chi connectivity index (χ2n) is 3.04. The lowest BCUT2D eigenvalue weighted by Crippen LogP contribution is -2.10. The quantitative estimate of drug-likeness (QED) is 0.690. The lowest BCUT2D eigenvalue weighted by atomic mass is 10.0. The molecular formula is C10H11NO5. The van der Waals surface area contributed by atoms with E-state index >= 15 is 0 Å². The highest BCUT2D eigenvalue weighted by Gasteiger charge is 2.20.